The molecule has 4 unspecified atom stereocenters. The maximum atomic E-state index is 13.8. The number of amides is 4. The lowest BCUT2D eigenvalue weighted by atomic mass is 9.79. The van der Waals surface area contributed by atoms with E-state index in [0.717, 1.165) is 55.4 Å². The van der Waals surface area contributed by atoms with E-state index in [2.05, 4.69) is 0 Å². The fourth-order valence-corrected chi connectivity index (χ4v) is 9.94. The number of imide groups is 2. The summed E-state index contributed by atoms with van der Waals surface area (Å²) in [4.78, 5) is 83.1. The number of aromatic nitrogens is 2. The largest absolute Gasteiger partial charge is 0.284 e. The number of hydrogen-bond acceptors (Lipinski definition) is 6. The molecule has 272 valence electrons. The summed E-state index contributed by atoms with van der Waals surface area (Å²) in [7, 11) is 0. The summed E-state index contributed by atoms with van der Waals surface area (Å²) >= 11 is 0. The lowest BCUT2D eigenvalue weighted by Crippen LogP contribution is -2.31. The third-order valence-electron chi connectivity index (χ3n) is 12.4. The third kappa shape index (κ3) is 4.79. The highest BCUT2D eigenvalue weighted by atomic mass is 16.2. The molecular formula is C45H36N4O6. The Morgan fingerprint density at radius 1 is 0.491 bits per heavy atom. The molecule has 4 amide bonds. The Hall–Kier alpha value is -6.42. The SMILES string of the molecule is CC(=O)n1c2c(c3ccccc31)CC1C(=O)N(c3ccc(Cc4ccc(N5C(=O)C6Cc7c(n(C(C)=O)c8ccccc78)CC6C5=O)cc4)cc3)C(=O)C1C2. The van der Waals surface area contributed by atoms with Crippen molar-refractivity contribution in [2.45, 2.75) is 46.0 Å². The zero-order valence-corrected chi connectivity index (χ0v) is 30.3. The topological polar surface area (TPSA) is 119 Å². The van der Waals surface area contributed by atoms with Crippen LogP contribution in [0.3, 0.4) is 0 Å². The van der Waals surface area contributed by atoms with Crippen LogP contribution in [0, 0.1) is 23.7 Å². The number of benzene rings is 4. The number of fused-ring (bicyclic) bond motifs is 8. The summed E-state index contributed by atoms with van der Waals surface area (Å²) in [6.07, 6.45) is 2.07. The normalized spacial score (nSPS) is 21.6. The van der Waals surface area contributed by atoms with Crippen molar-refractivity contribution < 1.29 is 28.8 Å². The molecule has 2 aromatic heterocycles. The van der Waals surface area contributed by atoms with Gasteiger partial charge in [0.2, 0.25) is 35.4 Å². The van der Waals surface area contributed by atoms with Gasteiger partial charge >= 0.3 is 0 Å². The van der Waals surface area contributed by atoms with Crippen molar-refractivity contribution in [2.75, 3.05) is 9.80 Å². The third-order valence-corrected chi connectivity index (χ3v) is 12.4. The van der Waals surface area contributed by atoms with E-state index < -0.39 is 23.7 Å². The first-order chi connectivity index (χ1) is 26.6. The number of rotatable bonds is 4. The van der Waals surface area contributed by atoms with Crippen molar-refractivity contribution in [1.82, 2.24) is 9.13 Å². The smallest absolute Gasteiger partial charge is 0.238 e. The van der Waals surface area contributed by atoms with Gasteiger partial charge in [-0.25, -0.2) is 0 Å². The van der Waals surface area contributed by atoms with E-state index in [-0.39, 0.29) is 35.4 Å². The Morgan fingerprint density at radius 3 is 1.20 bits per heavy atom. The van der Waals surface area contributed by atoms with Crippen molar-refractivity contribution in [1.29, 1.82) is 0 Å². The van der Waals surface area contributed by atoms with Crippen LogP contribution in [0.25, 0.3) is 21.8 Å². The second-order valence-electron chi connectivity index (χ2n) is 15.4. The van der Waals surface area contributed by atoms with Gasteiger partial charge in [-0.15, -0.1) is 0 Å². The first kappa shape index (κ1) is 33.2. The Labute approximate surface area is 315 Å². The van der Waals surface area contributed by atoms with E-state index in [1.807, 2.05) is 72.8 Å². The number of hydrogen-bond donors (Lipinski definition) is 0. The Kier molecular flexibility index (Phi) is 7.26. The zero-order valence-electron chi connectivity index (χ0n) is 30.3. The summed E-state index contributed by atoms with van der Waals surface area (Å²) in [5, 5.41) is 1.90. The first-order valence-corrected chi connectivity index (χ1v) is 18.8. The highest BCUT2D eigenvalue weighted by molar-refractivity contribution is 6.23. The molecule has 10 nitrogen and oxygen atoms in total. The van der Waals surface area contributed by atoms with Gasteiger partial charge in [-0.1, -0.05) is 60.7 Å². The van der Waals surface area contributed by atoms with Crippen LogP contribution in [0.1, 0.15) is 57.1 Å². The summed E-state index contributed by atoms with van der Waals surface area (Å²) in [5.41, 5.74) is 8.20. The van der Waals surface area contributed by atoms with Gasteiger partial charge in [0.1, 0.15) is 0 Å². The zero-order chi connectivity index (χ0) is 37.9. The molecule has 2 saturated heterocycles. The summed E-state index contributed by atoms with van der Waals surface area (Å²) in [6.45, 7) is 3.05. The number of carbonyl (C=O) groups is 6. The van der Waals surface area contributed by atoms with Crippen molar-refractivity contribution in [3.63, 3.8) is 0 Å². The maximum absolute atomic E-state index is 13.8. The molecule has 4 aliphatic rings. The van der Waals surface area contributed by atoms with Gasteiger partial charge in [0, 0.05) is 48.8 Å². The molecule has 6 aromatic rings. The van der Waals surface area contributed by atoms with Crippen LogP contribution in [0.15, 0.2) is 97.1 Å². The predicted octanol–water partition coefficient (Wildman–Crippen LogP) is 6.32. The second kappa shape index (κ2) is 12.0. The molecule has 2 fully saturated rings. The molecule has 2 aliphatic carbocycles. The van der Waals surface area contributed by atoms with E-state index in [1.54, 1.807) is 33.4 Å². The highest BCUT2D eigenvalue weighted by Crippen LogP contribution is 2.45. The second-order valence-corrected chi connectivity index (χ2v) is 15.4. The van der Waals surface area contributed by atoms with E-state index in [9.17, 15) is 28.8 Å². The first-order valence-electron chi connectivity index (χ1n) is 18.8. The van der Waals surface area contributed by atoms with Gasteiger partial charge in [-0.2, -0.15) is 0 Å². The minimum atomic E-state index is -0.525. The minimum absolute atomic E-state index is 0.110. The molecule has 0 spiro atoms. The molecule has 4 atom stereocenters. The van der Waals surface area contributed by atoms with Crippen LogP contribution in [0.2, 0.25) is 0 Å². The lowest BCUT2D eigenvalue weighted by Gasteiger charge is -2.23. The van der Waals surface area contributed by atoms with Gasteiger partial charge in [-0.3, -0.25) is 47.7 Å². The Balaban J connectivity index is 0.842. The van der Waals surface area contributed by atoms with E-state index in [0.29, 0.717) is 43.5 Å². The van der Waals surface area contributed by atoms with E-state index >= 15 is 0 Å². The van der Waals surface area contributed by atoms with Crippen molar-refractivity contribution in [3.05, 3.63) is 131 Å². The molecule has 0 saturated carbocycles. The molecule has 55 heavy (non-hydrogen) atoms. The lowest BCUT2D eigenvalue weighted by molar-refractivity contribution is -0.124. The van der Waals surface area contributed by atoms with Gasteiger partial charge in [0.05, 0.1) is 46.1 Å². The molecule has 10 heteroatoms. The Bertz CT molecular complexity index is 2520. The van der Waals surface area contributed by atoms with Crippen LogP contribution in [-0.4, -0.2) is 44.6 Å². The minimum Gasteiger partial charge on any atom is -0.284 e. The summed E-state index contributed by atoms with van der Waals surface area (Å²) < 4.78 is 3.39. The fraction of sp³-hybridized carbons (Fsp3) is 0.244. The van der Waals surface area contributed by atoms with Crippen LogP contribution < -0.4 is 9.80 Å². The van der Waals surface area contributed by atoms with Crippen LogP contribution in [0.4, 0.5) is 11.4 Å². The molecule has 2 aliphatic heterocycles. The van der Waals surface area contributed by atoms with Crippen molar-refractivity contribution in [3.8, 4) is 0 Å². The van der Waals surface area contributed by atoms with E-state index in [4.69, 9.17) is 0 Å². The molecule has 0 bridgehead atoms. The highest BCUT2D eigenvalue weighted by Gasteiger charge is 2.52. The Morgan fingerprint density at radius 2 is 0.836 bits per heavy atom. The average Bonchev–Trinajstić information content (AvgIpc) is 3.85. The van der Waals surface area contributed by atoms with Crippen LogP contribution in [-0.2, 0) is 51.3 Å². The molecule has 10 rings (SSSR count). The summed E-state index contributed by atoms with van der Waals surface area (Å²) in [5.74, 6) is -3.13. The van der Waals surface area contributed by atoms with Gasteiger partial charge in [-0.05, 0) is 77.9 Å². The van der Waals surface area contributed by atoms with Gasteiger partial charge in [0.15, 0.2) is 0 Å². The van der Waals surface area contributed by atoms with Gasteiger partial charge in [0.25, 0.3) is 0 Å². The van der Waals surface area contributed by atoms with Gasteiger partial charge < -0.3 is 0 Å². The monoisotopic (exact) mass is 728 g/mol. The quantitative estimate of drug-likeness (QED) is 0.196. The molecule has 4 heterocycles. The molecule has 0 N–H and O–H groups in total. The van der Waals surface area contributed by atoms with Crippen molar-refractivity contribution >= 4 is 68.6 Å². The standard InChI is InChI=1S/C45H36N4O6/c1-24(50)46-38-9-5-3-7-30(38)32-20-34-36(22-40(32)46)44(54)48(42(34)52)28-15-11-26(12-16-28)19-27-13-17-29(18-14-27)49-43(53)35-21-33-31-8-4-6-10-39(31)47(25(2)51)41(33)23-37(35)45(49)55/h3-18,34-37H,19-23H2,1-2H3. The van der Waals surface area contributed by atoms with Crippen LogP contribution in [0.5, 0.6) is 0 Å². The number of carbonyl (C=O) groups excluding carboxylic acids is 6. The van der Waals surface area contributed by atoms with Crippen LogP contribution >= 0.6 is 0 Å². The summed E-state index contributed by atoms with van der Waals surface area (Å²) in [6, 6.07) is 30.2. The molecule has 4 aromatic carbocycles. The number of para-hydroxylation sites is 2. The average molecular weight is 729 g/mol. The maximum Gasteiger partial charge on any atom is 0.238 e. The predicted molar refractivity (Wildman–Crippen MR) is 206 cm³/mol. The number of anilines is 2. The fourth-order valence-electron chi connectivity index (χ4n) is 9.94. The number of nitrogens with zero attached hydrogens (tertiary/aromatic N) is 4. The molecular weight excluding hydrogens is 693 g/mol. The molecule has 0 radical (unpaired) electrons. The van der Waals surface area contributed by atoms with Crippen molar-refractivity contribution in [2.24, 2.45) is 23.7 Å². The van der Waals surface area contributed by atoms with E-state index in [1.165, 1.54) is 23.6 Å².